The molecule has 0 saturated heterocycles. The van der Waals surface area contributed by atoms with E-state index in [4.69, 9.17) is 4.74 Å². The Morgan fingerprint density at radius 1 is 1.05 bits per heavy atom. The molecule has 2 rings (SSSR count). The van der Waals surface area contributed by atoms with E-state index in [1.54, 1.807) is 0 Å². The fourth-order valence-electron chi connectivity index (χ4n) is 1.87. The third kappa shape index (κ3) is 4.61. The van der Waals surface area contributed by atoms with Gasteiger partial charge >= 0.3 is 0 Å². The number of aryl methyl sites for hydroxylation is 1. The van der Waals surface area contributed by atoms with Gasteiger partial charge in [0.05, 0.1) is 6.61 Å². The Morgan fingerprint density at radius 2 is 1.80 bits per heavy atom. The molecule has 2 aromatic carbocycles. The number of rotatable bonds is 6. The molecule has 0 aliphatic carbocycles. The Labute approximate surface area is 121 Å². The van der Waals surface area contributed by atoms with Crippen LogP contribution >= 0.6 is 0 Å². The lowest BCUT2D eigenvalue weighted by Crippen LogP contribution is -2.05. The van der Waals surface area contributed by atoms with E-state index in [-0.39, 0.29) is 0 Å². The number of hydrogen-bond donors (Lipinski definition) is 1. The highest BCUT2D eigenvalue weighted by Gasteiger charge is 1.99. The number of anilines is 1. The van der Waals surface area contributed by atoms with Crippen molar-refractivity contribution in [2.75, 3.05) is 11.9 Å². The van der Waals surface area contributed by atoms with Crippen LogP contribution in [0.3, 0.4) is 0 Å². The van der Waals surface area contributed by atoms with Crippen LogP contribution < -0.4 is 10.1 Å². The van der Waals surface area contributed by atoms with Crippen LogP contribution in [0.1, 0.15) is 25.0 Å². The van der Waals surface area contributed by atoms with Gasteiger partial charge in [0, 0.05) is 18.3 Å². The molecule has 2 heteroatoms. The second-order valence-electron chi connectivity index (χ2n) is 5.57. The first-order valence-corrected chi connectivity index (χ1v) is 7.16. The molecule has 0 aromatic heterocycles. The highest BCUT2D eigenvalue weighted by atomic mass is 16.5. The van der Waals surface area contributed by atoms with E-state index in [1.807, 2.05) is 12.1 Å². The van der Waals surface area contributed by atoms with Crippen LogP contribution in [0, 0.1) is 12.8 Å². The van der Waals surface area contributed by atoms with Gasteiger partial charge in [-0.25, -0.2) is 0 Å². The molecule has 1 N–H and O–H groups in total. The summed E-state index contributed by atoms with van der Waals surface area (Å²) in [4.78, 5) is 0. The van der Waals surface area contributed by atoms with E-state index < -0.39 is 0 Å². The maximum Gasteiger partial charge on any atom is 0.121 e. The van der Waals surface area contributed by atoms with Gasteiger partial charge in [-0.3, -0.25) is 0 Å². The van der Waals surface area contributed by atoms with Gasteiger partial charge in [0.1, 0.15) is 5.75 Å². The van der Waals surface area contributed by atoms with E-state index >= 15 is 0 Å². The van der Waals surface area contributed by atoms with Gasteiger partial charge in [-0.05, 0) is 30.5 Å². The standard InChI is InChI=1S/C18H23NO/c1-14(2)13-20-18-6-4-5-17(11-18)19-12-16-9-7-15(3)8-10-16/h4-11,14,19H,12-13H2,1-3H3. The van der Waals surface area contributed by atoms with Gasteiger partial charge in [-0.15, -0.1) is 0 Å². The molecule has 0 saturated carbocycles. The molecule has 0 heterocycles. The molecular formula is C18H23NO. The summed E-state index contributed by atoms with van der Waals surface area (Å²) in [6.07, 6.45) is 0. The lowest BCUT2D eigenvalue weighted by Gasteiger charge is -2.11. The Hall–Kier alpha value is -1.96. The average Bonchev–Trinajstić information content (AvgIpc) is 2.45. The van der Waals surface area contributed by atoms with Crippen LogP contribution in [0.4, 0.5) is 5.69 Å². The smallest absolute Gasteiger partial charge is 0.121 e. The van der Waals surface area contributed by atoms with Crippen molar-refractivity contribution < 1.29 is 4.74 Å². The zero-order chi connectivity index (χ0) is 14.4. The van der Waals surface area contributed by atoms with Crippen molar-refractivity contribution in [2.45, 2.75) is 27.3 Å². The van der Waals surface area contributed by atoms with Crippen molar-refractivity contribution in [1.29, 1.82) is 0 Å². The Kier molecular flexibility index (Phi) is 5.05. The summed E-state index contributed by atoms with van der Waals surface area (Å²) < 4.78 is 5.74. The molecule has 20 heavy (non-hydrogen) atoms. The summed E-state index contributed by atoms with van der Waals surface area (Å²) in [5, 5.41) is 3.43. The third-order valence-corrected chi connectivity index (χ3v) is 3.03. The molecule has 0 unspecified atom stereocenters. The second kappa shape index (κ2) is 6.99. The van der Waals surface area contributed by atoms with Gasteiger partial charge < -0.3 is 10.1 Å². The van der Waals surface area contributed by atoms with Gasteiger partial charge in [0.2, 0.25) is 0 Å². The van der Waals surface area contributed by atoms with Crippen molar-refractivity contribution >= 4 is 5.69 Å². The molecule has 0 fully saturated rings. The zero-order valence-corrected chi connectivity index (χ0v) is 12.5. The molecule has 0 atom stereocenters. The first-order chi connectivity index (χ1) is 9.63. The molecule has 0 aliphatic heterocycles. The summed E-state index contributed by atoms with van der Waals surface area (Å²) in [6, 6.07) is 16.7. The first-order valence-electron chi connectivity index (χ1n) is 7.16. The minimum absolute atomic E-state index is 0.541. The molecule has 2 nitrogen and oxygen atoms in total. The van der Waals surface area contributed by atoms with Gasteiger partial charge in [-0.2, -0.15) is 0 Å². The van der Waals surface area contributed by atoms with Crippen LogP contribution in [-0.4, -0.2) is 6.61 Å². The van der Waals surface area contributed by atoms with Gasteiger partial charge in [0.15, 0.2) is 0 Å². The normalized spacial score (nSPS) is 10.6. The molecular weight excluding hydrogens is 246 g/mol. The molecule has 106 valence electrons. The van der Waals surface area contributed by atoms with Crippen molar-refractivity contribution in [3.8, 4) is 5.75 Å². The van der Waals surface area contributed by atoms with Crippen molar-refractivity contribution in [1.82, 2.24) is 0 Å². The van der Waals surface area contributed by atoms with Crippen molar-refractivity contribution in [3.05, 3.63) is 59.7 Å². The summed E-state index contributed by atoms with van der Waals surface area (Å²) >= 11 is 0. The molecule has 0 radical (unpaired) electrons. The first kappa shape index (κ1) is 14.4. The molecule has 0 spiro atoms. The second-order valence-corrected chi connectivity index (χ2v) is 5.57. The largest absolute Gasteiger partial charge is 0.493 e. The van der Waals surface area contributed by atoms with E-state index in [9.17, 15) is 0 Å². The van der Waals surface area contributed by atoms with Crippen molar-refractivity contribution in [2.24, 2.45) is 5.92 Å². The molecule has 0 aliphatic rings. The Balaban J connectivity index is 1.92. The topological polar surface area (TPSA) is 21.3 Å². The Bertz CT molecular complexity index is 531. The maximum atomic E-state index is 5.74. The van der Waals surface area contributed by atoms with Crippen molar-refractivity contribution in [3.63, 3.8) is 0 Å². The number of benzene rings is 2. The minimum atomic E-state index is 0.541. The lowest BCUT2D eigenvalue weighted by molar-refractivity contribution is 0.271. The predicted molar refractivity (Wildman–Crippen MR) is 85.3 cm³/mol. The summed E-state index contributed by atoms with van der Waals surface area (Å²) in [5.74, 6) is 1.46. The quantitative estimate of drug-likeness (QED) is 0.824. The highest BCUT2D eigenvalue weighted by Crippen LogP contribution is 2.18. The summed E-state index contributed by atoms with van der Waals surface area (Å²) in [6.45, 7) is 7.99. The average molecular weight is 269 g/mol. The van der Waals surface area contributed by atoms with Crippen LogP contribution in [-0.2, 0) is 6.54 Å². The van der Waals surface area contributed by atoms with Crippen LogP contribution in [0.5, 0.6) is 5.75 Å². The van der Waals surface area contributed by atoms with E-state index in [1.165, 1.54) is 11.1 Å². The molecule has 0 bridgehead atoms. The summed E-state index contributed by atoms with van der Waals surface area (Å²) in [5.41, 5.74) is 3.66. The van der Waals surface area contributed by atoms with Gasteiger partial charge in [0.25, 0.3) is 0 Å². The van der Waals surface area contributed by atoms with Crippen LogP contribution in [0.2, 0.25) is 0 Å². The van der Waals surface area contributed by atoms with E-state index in [2.05, 4.69) is 62.5 Å². The zero-order valence-electron chi connectivity index (χ0n) is 12.5. The lowest BCUT2D eigenvalue weighted by atomic mass is 10.1. The fraction of sp³-hybridized carbons (Fsp3) is 0.333. The number of nitrogens with one attached hydrogen (secondary N) is 1. The highest BCUT2D eigenvalue weighted by molar-refractivity contribution is 5.48. The predicted octanol–water partition coefficient (Wildman–Crippen LogP) is 4.64. The maximum absolute atomic E-state index is 5.74. The number of ether oxygens (including phenoxy) is 1. The molecule has 2 aromatic rings. The summed E-state index contributed by atoms with van der Waals surface area (Å²) in [7, 11) is 0. The molecule has 0 amide bonds. The van der Waals surface area contributed by atoms with Gasteiger partial charge in [-0.1, -0.05) is 49.7 Å². The van der Waals surface area contributed by atoms with Crippen LogP contribution in [0.15, 0.2) is 48.5 Å². The monoisotopic (exact) mass is 269 g/mol. The minimum Gasteiger partial charge on any atom is -0.493 e. The van der Waals surface area contributed by atoms with E-state index in [0.717, 1.165) is 24.6 Å². The Morgan fingerprint density at radius 3 is 2.50 bits per heavy atom. The third-order valence-electron chi connectivity index (χ3n) is 3.03. The fourth-order valence-corrected chi connectivity index (χ4v) is 1.87. The SMILES string of the molecule is Cc1ccc(CNc2cccc(OCC(C)C)c2)cc1. The van der Waals surface area contributed by atoms with E-state index in [0.29, 0.717) is 5.92 Å². The van der Waals surface area contributed by atoms with Crippen LogP contribution in [0.25, 0.3) is 0 Å². The number of hydrogen-bond acceptors (Lipinski definition) is 2.